The molecule has 0 aliphatic carbocycles. The molecule has 1 fully saturated rings. The third-order valence-corrected chi connectivity index (χ3v) is 2.48. The summed E-state index contributed by atoms with van der Waals surface area (Å²) in [5, 5.41) is 0. The number of halogens is 1. The molecule has 0 radical (unpaired) electrons. The van der Waals surface area contributed by atoms with Gasteiger partial charge in [-0.3, -0.25) is 4.39 Å². The van der Waals surface area contributed by atoms with Gasteiger partial charge in [0.15, 0.2) is 0 Å². The molecule has 2 heteroatoms. The van der Waals surface area contributed by atoms with E-state index in [-0.39, 0.29) is 12.6 Å². The summed E-state index contributed by atoms with van der Waals surface area (Å²) in [7, 11) is 2.10. The topological polar surface area (TPSA) is 3.24 Å². The molecule has 1 saturated heterocycles. The zero-order valence-corrected chi connectivity index (χ0v) is 6.81. The Labute approximate surface area is 62.2 Å². The Morgan fingerprint density at radius 3 is 2.80 bits per heavy atom. The van der Waals surface area contributed by atoms with E-state index in [0.717, 1.165) is 13.1 Å². The molecule has 0 amide bonds. The molecule has 1 heterocycles. The van der Waals surface area contributed by atoms with Crippen molar-refractivity contribution in [2.45, 2.75) is 13.3 Å². The second kappa shape index (κ2) is 3.33. The van der Waals surface area contributed by atoms with Crippen LogP contribution >= 0.6 is 0 Å². The van der Waals surface area contributed by atoms with Crippen molar-refractivity contribution < 1.29 is 4.39 Å². The molecule has 0 aromatic heterocycles. The molecular weight excluding hydrogens is 129 g/mol. The minimum absolute atomic E-state index is 0.154. The van der Waals surface area contributed by atoms with E-state index in [9.17, 15) is 4.39 Å². The van der Waals surface area contributed by atoms with Crippen molar-refractivity contribution in [3.05, 3.63) is 0 Å². The van der Waals surface area contributed by atoms with Crippen LogP contribution < -0.4 is 0 Å². The van der Waals surface area contributed by atoms with E-state index in [1.807, 2.05) is 6.92 Å². The monoisotopic (exact) mass is 145 g/mol. The Kier molecular flexibility index (Phi) is 2.66. The van der Waals surface area contributed by atoms with Crippen molar-refractivity contribution in [3.63, 3.8) is 0 Å². The molecule has 1 aliphatic rings. The summed E-state index contributed by atoms with van der Waals surface area (Å²) in [6, 6.07) is 0. The van der Waals surface area contributed by atoms with Crippen LogP contribution in [0.4, 0.5) is 4.39 Å². The molecule has 10 heavy (non-hydrogen) atoms. The van der Waals surface area contributed by atoms with Gasteiger partial charge in [0, 0.05) is 6.54 Å². The predicted molar refractivity (Wildman–Crippen MR) is 40.7 cm³/mol. The highest BCUT2D eigenvalue weighted by Gasteiger charge is 2.24. The summed E-state index contributed by atoms with van der Waals surface area (Å²) in [6.45, 7) is 4.09. The number of alkyl halides is 1. The average molecular weight is 145 g/mol. The number of likely N-dealkylation sites (tertiary alicyclic amines) is 1. The maximum Gasteiger partial charge on any atom is 0.0923 e. The van der Waals surface area contributed by atoms with E-state index in [0.29, 0.717) is 5.92 Å². The summed E-state index contributed by atoms with van der Waals surface area (Å²) in [5.74, 6) is 0.875. The van der Waals surface area contributed by atoms with E-state index in [1.165, 1.54) is 6.42 Å². The van der Waals surface area contributed by atoms with Gasteiger partial charge in [0.2, 0.25) is 0 Å². The summed E-state index contributed by atoms with van der Waals surface area (Å²) in [4.78, 5) is 2.27. The van der Waals surface area contributed by atoms with Crippen LogP contribution in [0.1, 0.15) is 13.3 Å². The van der Waals surface area contributed by atoms with Gasteiger partial charge < -0.3 is 4.90 Å². The molecule has 2 atom stereocenters. The quantitative estimate of drug-likeness (QED) is 0.569. The fourth-order valence-electron chi connectivity index (χ4n) is 1.56. The van der Waals surface area contributed by atoms with Gasteiger partial charge in [-0.1, -0.05) is 6.92 Å². The van der Waals surface area contributed by atoms with Gasteiger partial charge in [-0.25, -0.2) is 0 Å². The van der Waals surface area contributed by atoms with Gasteiger partial charge in [-0.05, 0) is 31.8 Å². The smallest absolute Gasteiger partial charge is 0.0923 e. The van der Waals surface area contributed by atoms with Gasteiger partial charge in [-0.15, -0.1) is 0 Å². The highest BCUT2D eigenvalue weighted by molar-refractivity contribution is 4.76. The highest BCUT2D eigenvalue weighted by atomic mass is 19.1. The molecule has 0 aromatic rings. The van der Waals surface area contributed by atoms with Crippen LogP contribution in [0.3, 0.4) is 0 Å². The lowest BCUT2D eigenvalue weighted by atomic mass is 9.95. The average Bonchev–Trinajstić information content (AvgIpc) is 2.34. The van der Waals surface area contributed by atoms with Crippen molar-refractivity contribution >= 4 is 0 Å². The SMILES string of the molecule is CC(CF)C1CCN(C)C1. The Bertz CT molecular complexity index is 105. The fraction of sp³-hybridized carbons (Fsp3) is 1.00. The molecule has 60 valence electrons. The molecule has 1 aliphatic heterocycles. The normalized spacial score (nSPS) is 30.9. The minimum Gasteiger partial charge on any atom is -0.306 e. The number of hydrogen-bond donors (Lipinski definition) is 0. The third-order valence-electron chi connectivity index (χ3n) is 2.48. The summed E-state index contributed by atoms with van der Waals surface area (Å²) >= 11 is 0. The molecule has 0 aromatic carbocycles. The van der Waals surface area contributed by atoms with Crippen molar-refractivity contribution in [2.24, 2.45) is 11.8 Å². The zero-order valence-electron chi connectivity index (χ0n) is 6.81. The molecule has 0 saturated carbocycles. The Hall–Kier alpha value is -0.110. The standard InChI is InChI=1S/C8H16FN/c1-7(5-9)8-3-4-10(2)6-8/h7-8H,3-6H2,1-2H3. The van der Waals surface area contributed by atoms with Gasteiger partial charge in [0.25, 0.3) is 0 Å². The van der Waals surface area contributed by atoms with Crippen LogP contribution in [-0.2, 0) is 0 Å². The summed E-state index contributed by atoms with van der Waals surface area (Å²) in [6.07, 6.45) is 1.18. The first-order valence-corrected chi connectivity index (χ1v) is 3.98. The largest absolute Gasteiger partial charge is 0.306 e. The van der Waals surface area contributed by atoms with E-state index < -0.39 is 0 Å². The Morgan fingerprint density at radius 2 is 2.40 bits per heavy atom. The molecular formula is C8H16FN. The maximum atomic E-state index is 12.1. The van der Waals surface area contributed by atoms with Gasteiger partial charge in [-0.2, -0.15) is 0 Å². The third kappa shape index (κ3) is 1.69. The fourth-order valence-corrected chi connectivity index (χ4v) is 1.56. The van der Waals surface area contributed by atoms with Crippen LogP contribution in [0.25, 0.3) is 0 Å². The van der Waals surface area contributed by atoms with E-state index in [1.54, 1.807) is 0 Å². The first-order chi connectivity index (χ1) is 4.74. The van der Waals surface area contributed by atoms with Gasteiger partial charge in [0.1, 0.15) is 0 Å². The first-order valence-electron chi connectivity index (χ1n) is 3.98. The lowest BCUT2D eigenvalue weighted by Gasteiger charge is -2.14. The molecule has 0 N–H and O–H groups in total. The molecule has 0 bridgehead atoms. The van der Waals surface area contributed by atoms with Crippen LogP contribution in [-0.4, -0.2) is 31.7 Å². The minimum atomic E-state index is -0.154. The predicted octanol–water partition coefficient (Wildman–Crippen LogP) is 1.54. The van der Waals surface area contributed by atoms with Crippen LogP contribution in [0.2, 0.25) is 0 Å². The van der Waals surface area contributed by atoms with Crippen LogP contribution in [0.5, 0.6) is 0 Å². The molecule has 0 spiro atoms. The highest BCUT2D eigenvalue weighted by Crippen LogP contribution is 2.22. The second-order valence-corrected chi connectivity index (χ2v) is 3.44. The van der Waals surface area contributed by atoms with Crippen molar-refractivity contribution in [3.8, 4) is 0 Å². The van der Waals surface area contributed by atoms with E-state index >= 15 is 0 Å². The lowest BCUT2D eigenvalue weighted by molar-refractivity contribution is 0.276. The Morgan fingerprint density at radius 1 is 1.70 bits per heavy atom. The van der Waals surface area contributed by atoms with Gasteiger partial charge >= 0.3 is 0 Å². The number of hydrogen-bond acceptors (Lipinski definition) is 1. The van der Waals surface area contributed by atoms with E-state index in [2.05, 4.69) is 11.9 Å². The van der Waals surface area contributed by atoms with Gasteiger partial charge in [0.05, 0.1) is 6.67 Å². The molecule has 1 rings (SSSR count). The Balaban J connectivity index is 2.29. The second-order valence-electron chi connectivity index (χ2n) is 3.44. The first kappa shape index (κ1) is 7.99. The molecule has 1 nitrogen and oxygen atoms in total. The van der Waals surface area contributed by atoms with Crippen molar-refractivity contribution in [2.75, 3.05) is 26.8 Å². The zero-order chi connectivity index (χ0) is 7.56. The van der Waals surface area contributed by atoms with Crippen LogP contribution in [0, 0.1) is 11.8 Å². The number of nitrogens with zero attached hydrogens (tertiary/aromatic N) is 1. The maximum absolute atomic E-state index is 12.1. The summed E-state index contributed by atoms with van der Waals surface area (Å²) in [5.41, 5.74) is 0. The van der Waals surface area contributed by atoms with E-state index in [4.69, 9.17) is 0 Å². The van der Waals surface area contributed by atoms with Crippen molar-refractivity contribution in [1.29, 1.82) is 0 Å². The van der Waals surface area contributed by atoms with Crippen LogP contribution in [0.15, 0.2) is 0 Å². The number of rotatable bonds is 2. The van der Waals surface area contributed by atoms with Crippen molar-refractivity contribution in [1.82, 2.24) is 4.90 Å². The molecule has 2 unspecified atom stereocenters. The summed E-state index contributed by atoms with van der Waals surface area (Å²) < 4.78 is 12.1. The lowest BCUT2D eigenvalue weighted by Crippen LogP contribution is -2.18.